The number of halogens is 2. The standard InChI is InChI=1S/C21H14BrClN2O3/c1-12-2-8-16(17(22)10-12)19-9-7-15(28-19)11-18-20(26)25(21(27)24-18)14-5-3-13(23)4-6-14/h2-11H,1H3,(H,24,27)/b18-11-. The third kappa shape index (κ3) is 3.48. The molecule has 0 unspecified atom stereocenters. The molecule has 3 amide bonds. The first-order chi connectivity index (χ1) is 13.4. The first-order valence-corrected chi connectivity index (χ1v) is 9.58. The number of nitrogens with one attached hydrogen (secondary N) is 1. The van der Waals surface area contributed by atoms with Gasteiger partial charge in [0.1, 0.15) is 17.2 Å². The second-order valence-electron chi connectivity index (χ2n) is 6.29. The Morgan fingerprint density at radius 1 is 1.07 bits per heavy atom. The Kier molecular flexibility index (Phi) is 4.83. The van der Waals surface area contributed by atoms with E-state index < -0.39 is 11.9 Å². The molecule has 7 heteroatoms. The summed E-state index contributed by atoms with van der Waals surface area (Å²) in [4.78, 5) is 26.0. The number of aryl methyl sites for hydroxylation is 1. The van der Waals surface area contributed by atoms with E-state index in [0.29, 0.717) is 22.2 Å². The van der Waals surface area contributed by atoms with Crippen LogP contribution in [0.2, 0.25) is 5.02 Å². The zero-order valence-electron chi connectivity index (χ0n) is 14.7. The summed E-state index contributed by atoms with van der Waals surface area (Å²) in [6, 6.07) is 15.5. The molecule has 2 heterocycles. The van der Waals surface area contributed by atoms with Crippen molar-refractivity contribution < 1.29 is 14.0 Å². The van der Waals surface area contributed by atoms with E-state index in [9.17, 15) is 9.59 Å². The van der Waals surface area contributed by atoms with Gasteiger partial charge in [-0.3, -0.25) is 4.79 Å². The molecule has 3 aromatic rings. The average molecular weight is 458 g/mol. The Morgan fingerprint density at radius 3 is 2.54 bits per heavy atom. The quantitative estimate of drug-likeness (QED) is 0.401. The minimum Gasteiger partial charge on any atom is -0.457 e. The second kappa shape index (κ2) is 7.30. The highest BCUT2D eigenvalue weighted by Crippen LogP contribution is 2.31. The molecule has 0 bridgehead atoms. The zero-order valence-corrected chi connectivity index (χ0v) is 17.0. The van der Waals surface area contributed by atoms with Gasteiger partial charge in [-0.25, -0.2) is 9.69 Å². The number of hydrogen-bond acceptors (Lipinski definition) is 3. The number of imide groups is 1. The van der Waals surface area contributed by atoms with Gasteiger partial charge < -0.3 is 9.73 Å². The van der Waals surface area contributed by atoms with Crippen molar-refractivity contribution in [3.63, 3.8) is 0 Å². The third-order valence-corrected chi connectivity index (χ3v) is 5.17. The highest BCUT2D eigenvalue weighted by atomic mass is 79.9. The summed E-state index contributed by atoms with van der Waals surface area (Å²) in [7, 11) is 0. The molecule has 0 radical (unpaired) electrons. The fraction of sp³-hybridized carbons (Fsp3) is 0.0476. The summed E-state index contributed by atoms with van der Waals surface area (Å²) in [5.41, 5.74) is 2.62. The van der Waals surface area contributed by atoms with E-state index >= 15 is 0 Å². The molecule has 0 atom stereocenters. The number of nitrogens with zero attached hydrogens (tertiary/aromatic N) is 1. The number of carbonyl (C=O) groups excluding carboxylic acids is 2. The molecular weight excluding hydrogens is 444 g/mol. The average Bonchev–Trinajstić information content (AvgIpc) is 3.21. The number of urea groups is 1. The SMILES string of the molecule is Cc1ccc(-c2ccc(/C=C3\NC(=O)N(c4ccc(Cl)cc4)C3=O)o2)c(Br)c1. The molecule has 1 aliphatic rings. The fourth-order valence-corrected chi connectivity index (χ4v) is 3.71. The van der Waals surface area contributed by atoms with Crippen LogP contribution in [-0.2, 0) is 4.79 Å². The molecule has 5 nitrogen and oxygen atoms in total. The predicted molar refractivity (Wildman–Crippen MR) is 112 cm³/mol. The second-order valence-corrected chi connectivity index (χ2v) is 7.58. The Hall–Kier alpha value is -2.83. The van der Waals surface area contributed by atoms with Crippen LogP contribution in [0.4, 0.5) is 10.5 Å². The van der Waals surface area contributed by atoms with Gasteiger partial charge in [-0.15, -0.1) is 0 Å². The molecule has 4 rings (SSSR count). The highest BCUT2D eigenvalue weighted by Gasteiger charge is 2.35. The van der Waals surface area contributed by atoms with Crippen LogP contribution < -0.4 is 10.2 Å². The van der Waals surface area contributed by atoms with E-state index in [2.05, 4.69) is 21.2 Å². The van der Waals surface area contributed by atoms with Crippen LogP contribution in [0.5, 0.6) is 0 Å². The summed E-state index contributed by atoms with van der Waals surface area (Å²) in [6.45, 7) is 2.01. The molecule has 140 valence electrons. The smallest absolute Gasteiger partial charge is 0.333 e. The Morgan fingerprint density at radius 2 is 1.82 bits per heavy atom. The molecule has 0 aliphatic carbocycles. The van der Waals surface area contributed by atoms with Gasteiger partial charge in [0, 0.05) is 21.1 Å². The minimum absolute atomic E-state index is 0.142. The minimum atomic E-state index is -0.522. The maximum absolute atomic E-state index is 12.7. The lowest BCUT2D eigenvalue weighted by atomic mass is 10.1. The van der Waals surface area contributed by atoms with Crippen molar-refractivity contribution in [1.82, 2.24) is 5.32 Å². The monoisotopic (exact) mass is 456 g/mol. The molecule has 1 fully saturated rings. The summed E-state index contributed by atoms with van der Waals surface area (Å²) < 4.78 is 6.76. The Balaban J connectivity index is 1.61. The predicted octanol–water partition coefficient (Wildman–Crippen LogP) is 5.77. The van der Waals surface area contributed by atoms with Crippen LogP contribution in [0.3, 0.4) is 0 Å². The molecular formula is C21H14BrClN2O3. The lowest BCUT2D eigenvalue weighted by Crippen LogP contribution is -2.30. The van der Waals surface area contributed by atoms with E-state index in [4.69, 9.17) is 16.0 Å². The van der Waals surface area contributed by atoms with E-state index in [1.165, 1.54) is 6.08 Å². The van der Waals surface area contributed by atoms with Gasteiger partial charge in [0.05, 0.1) is 5.69 Å². The number of benzene rings is 2. The van der Waals surface area contributed by atoms with Gasteiger partial charge in [-0.1, -0.05) is 33.6 Å². The van der Waals surface area contributed by atoms with Crippen molar-refractivity contribution in [3.8, 4) is 11.3 Å². The summed E-state index contributed by atoms with van der Waals surface area (Å²) in [6.07, 6.45) is 1.52. The molecule has 1 aliphatic heterocycles. The van der Waals surface area contributed by atoms with Gasteiger partial charge in [-0.05, 0) is 61.0 Å². The van der Waals surface area contributed by atoms with E-state index in [1.807, 2.05) is 31.2 Å². The van der Waals surface area contributed by atoms with Crippen LogP contribution >= 0.6 is 27.5 Å². The van der Waals surface area contributed by atoms with Gasteiger partial charge in [0.15, 0.2) is 0 Å². The molecule has 1 aromatic heterocycles. The van der Waals surface area contributed by atoms with Crippen molar-refractivity contribution in [3.05, 3.63) is 81.1 Å². The molecule has 1 N–H and O–H groups in total. The summed E-state index contributed by atoms with van der Waals surface area (Å²) >= 11 is 9.40. The summed E-state index contributed by atoms with van der Waals surface area (Å²) in [5, 5.41) is 3.10. The number of rotatable bonds is 3. The normalized spacial score (nSPS) is 15.4. The first-order valence-electron chi connectivity index (χ1n) is 8.41. The number of carbonyl (C=O) groups is 2. The van der Waals surface area contributed by atoms with E-state index in [0.717, 1.165) is 20.5 Å². The molecule has 1 saturated heterocycles. The van der Waals surface area contributed by atoms with Crippen molar-refractivity contribution >= 4 is 51.2 Å². The number of anilines is 1. The van der Waals surface area contributed by atoms with Gasteiger partial charge >= 0.3 is 6.03 Å². The maximum Gasteiger partial charge on any atom is 0.333 e. The van der Waals surface area contributed by atoms with Crippen LogP contribution in [-0.4, -0.2) is 11.9 Å². The van der Waals surface area contributed by atoms with Crippen LogP contribution in [0.25, 0.3) is 17.4 Å². The molecule has 2 aromatic carbocycles. The zero-order chi connectivity index (χ0) is 19.8. The topological polar surface area (TPSA) is 62.6 Å². The van der Waals surface area contributed by atoms with E-state index in [1.54, 1.807) is 30.3 Å². The Bertz CT molecular complexity index is 1120. The van der Waals surface area contributed by atoms with Crippen molar-refractivity contribution in [2.45, 2.75) is 6.92 Å². The lowest BCUT2D eigenvalue weighted by molar-refractivity contribution is -0.113. The molecule has 28 heavy (non-hydrogen) atoms. The van der Waals surface area contributed by atoms with Gasteiger partial charge in [0.2, 0.25) is 0 Å². The highest BCUT2D eigenvalue weighted by molar-refractivity contribution is 9.10. The summed E-state index contributed by atoms with van der Waals surface area (Å²) in [5.74, 6) is 0.663. The largest absolute Gasteiger partial charge is 0.457 e. The number of hydrogen-bond donors (Lipinski definition) is 1. The Labute approximate surface area is 174 Å². The number of furan rings is 1. The van der Waals surface area contributed by atoms with Crippen LogP contribution in [0.15, 0.2) is 69.2 Å². The van der Waals surface area contributed by atoms with Gasteiger partial charge in [0.25, 0.3) is 5.91 Å². The molecule has 0 saturated carbocycles. The maximum atomic E-state index is 12.7. The molecule has 0 spiro atoms. The van der Waals surface area contributed by atoms with Crippen molar-refractivity contribution in [2.24, 2.45) is 0 Å². The van der Waals surface area contributed by atoms with Crippen molar-refractivity contribution in [1.29, 1.82) is 0 Å². The third-order valence-electron chi connectivity index (χ3n) is 4.27. The number of amides is 3. The van der Waals surface area contributed by atoms with Crippen LogP contribution in [0, 0.1) is 6.92 Å². The van der Waals surface area contributed by atoms with Crippen LogP contribution in [0.1, 0.15) is 11.3 Å². The van der Waals surface area contributed by atoms with Crippen molar-refractivity contribution in [2.75, 3.05) is 4.90 Å². The van der Waals surface area contributed by atoms with Gasteiger partial charge in [-0.2, -0.15) is 0 Å². The first kappa shape index (κ1) is 18.5. The van der Waals surface area contributed by atoms with E-state index in [-0.39, 0.29) is 5.70 Å². The fourth-order valence-electron chi connectivity index (χ4n) is 2.90. The lowest BCUT2D eigenvalue weighted by Gasteiger charge is -2.11.